The smallest absolute Gasteiger partial charge is 0.284 e. The molecule has 0 bridgehead atoms. The minimum absolute atomic E-state index is 0.222. The zero-order valence-corrected chi connectivity index (χ0v) is 19.9. The van der Waals surface area contributed by atoms with Crippen molar-refractivity contribution in [3.63, 3.8) is 0 Å². The van der Waals surface area contributed by atoms with E-state index in [0.717, 1.165) is 17.4 Å². The van der Waals surface area contributed by atoms with Crippen molar-refractivity contribution < 1.29 is 22.7 Å². The monoisotopic (exact) mass is 485 g/mol. The largest absolute Gasteiger partial charge is 0.497 e. The molecule has 1 aliphatic heterocycles. The maximum atomic E-state index is 13.3. The highest BCUT2D eigenvalue weighted by Gasteiger charge is 2.36. The maximum Gasteiger partial charge on any atom is 0.284 e. The van der Waals surface area contributed by atoms with E-state index in [1.165, 1.54) is 16.3 Å². The van der Waals surface area contributed by atoms with E-state index in [1.54, 1.807) is 50.6 Å². The second kappa shape index (κ2) is 9.24. The van der Waals surface area contributed by atoms with E-state index in [2.05, 4.69) is 9.82 Å². The van der Waals surface area contributed by atoms with Crippen molar-refractivity contribution >= 4 is 38.7 Å². The van der Waals surface area contributed by atoms with Crippen LogP contribution in [0.3, 0.4) is 0 Å². The molecule has 0 radical (unpaired) electrons. The molecule has 1 aromatic heterocycles. The number of anilines is 1. The van der Waals surface area contributed by atoms with Crippen molar-refractivity contribution in [2.75, 3.05) is 25.2 Å². The van der Waals surface area contributed by atoms with Crippen LogP contribution in [0.4, 0.5) is 5.69 Å². The second-order valence-electron chi connectivity index (χ2n) is 7.46. The Morgan fingerprint density at radius 1 is 1.12 bits per heavy atom. The van der Waals surface area contributed by atoms with Crippen LogP contribution in [0.15, 0.2) is 65.1 Å². The first-order valence-electron chi connectivity index (χ1n) is 10.0. The maximum absolute atomic E-state index is 13.3. The minimum atomic E-state index is -3.43. The number of hydrazone groups is 1. The van der Waals surface area contributed by atoms with Crippen molar-refractivity contribution in [3.8, 4) is 11.5 Å². The number of hydrogen-bond donors (Lipinski definition) is 1. The standard InChI is InChI=1S/C23H23N3O5S2/c1-30-17-9-10-21(31-2)18(13-17)20-14-19(24-26(20)23(27)22-8-5-11-32-22)15-6-4-7-16(12-15)25-33(3,28)29/h4-13,20,25H,14H2,1-3H3. The molecule has 2 heterocycles. The SMILES string of the molecule is COc1ccc(OC)c(C2CC(c3cccc(NS(C)(=O)=O)c3)=NN2C(=O)c2cccs2)c1. The molecule has 33 heavy (non-hydrogen) atoms. The van der Waals surface area contributed by atoms with Gasteiger partial charge in [0.15, 0.2) is 0 Å². The Labute approximate surface area is 196 Å². The number of nitrogens with one attached hydrogen (secondary N) is 1. The fourth-order valence-electron chi connectivity index (χ4n) is 3.70. The highest BCUT2D eigenvalue weighted by molar-refractivity contribution is 7.92. The molecule has 10 heteroatoms. The van der Waals surface area contributed by atoms with Crippen LogP contribution in [0.1, 0.15) is 33.3 Å². The van der Waals surface area contributed by atoms with Crippen molar-refractivity contribution in [1.82, 2.24) is 5.01 Å². The number of benzene rings is 2. The third-order valence-electron chi connectivity index (χ3n) is 5.15. The molecule has 172 valence electrons. The fraction of sp³-hybridized carbons (Fsp3) is 0.217. The zero-order valence-electron chi connectivity index (χ0n) is 18.3. The molecule has 4 rings (SSSR count). The number of hydrogen-bond acceptors (Lipinski definition) is 7. The Kier molecular flexibility index (Phi) is 6.39. The van der Waals surface area contributed by atoms with Crippen molar-refractivity contribution in [2.45, 2.75) is 12.5 Å². The average molecular weight is 486 g/mol. The molecule has 0 saturated heterocycles. The number of thiophene rings is 1. The number of amides is 1. The molecule has 3 aromatic rings. The minimum Gasteiger partial charge on any atom is -0.497 e. The third kappa shape index (κ3) is 5.01. The summed E-state index contributed by atoms with van der Waals surface area (Å²) < 4.78 is 36.8. The van der Waals surface area contributed by atoms with E-state index in [9.17, 15) is 13.2 Å². The highest BCUT2D eigenvalue weighted by Crippen LogP contribution is 2.40. The van der Waals surface area contributed by atoms with Crippen LogP contribution < -0.4 is 14.2 Å². The van der Waals surface area contributed by atoms with Gasteiger partial charge in [-0.2, -0.15) is 5.10 Å². The normalized spacial score (nSPS) is 15.8. The summed E-state index contributed by atoms with van der Waals surface area (Å²) in [5, 5.41) is 7.98. The average Bonchev–Trinajstić information content (AvgIpc) is 3.48. The van der Waals surface area contributed by atoms with Crippen molar-refractivity contribution in [3.05, 3.63) is 76.0 Å². The van der Waals surface area contributed by atoms with Crippen LogP contribution in [0.25, 0.3) is 0 Å². The molecular formula is C23H23N3O5S2. The molecule has 0 fully saturated rings. The van der Waals surface area contributed by atoms with Gasteiger partial charge in [0.2, 0.25) is 10.0 Å². The van der Waals surface area contributed by atoms with Gasteiger partial charge in [-0.3, -0.25) is 9.52 Å². The first kappa shape index (κ1) is 22.8. The molecule has 8 nitrogen and oxygen atoms in total. The number of carbonyl (C=O) groups is 1. The number of rotatable bonds is 7. The van der Waals surface area contributed by atoms with Gasteiger partial charge in [-0.05, 0) is 47.3 Å². The van der Waals surface area contributed by atoms with E-state index < -0.39 is 16.1 Å². The van der Waals surface area contributed by atoms with E-state index in [4.69, 9.17) is 9.47 Å². The van der Waals surface area contributed by atoms with E-state index in [1.807, 2.05) is 23.6 Å². The Hall–Kier alpha value is -3.37. The Bertz CT molecular complexity index is 1300. The highest BCUT2D eigenvalue weighted by atomic mass is 32.2. The topological polar surface area (TPSA) is 97.3 Å². The summed E-state index contributed by atoms with van der Waals surface area (Å²) in [6.07, 6.45) is 1.52. The fourth-order valence-corrected chi connectivity index (χ4v) is 4.91. The molecular weight excluding hydrogens is 462 g/mol. The van der Waals surface area contributed by atoms with Crippen LogP contribution in [0, 0.1) is 0 Å². The molecule has 1 atom stereocenters. The van der Waals surface area contributed by atoms with Crippen LogP contribution in [0.2, 0.25) is 0 Å². The number of ether oxygens (including phenoxy) is 2. The molecule has 2 aromatic carbocycles. The molecule has 0 saturated carbocycles. The van der Waals surface area contributed by atoms with Gasteiger partial charge in [0.05, 0.1) is 37.1 Å². The van der Waals surface area contributed by atoms with Crippen LogP contribution in [-0.4, -0.2) is 45.5 Å². The molecule has 1 amide bonds. The summed E-state index contributed by atoms with van der Waals surface area (Å²) in [4.78, 5) is 13.9. The number of carbonyl (C=O) groups excluding carboxylic acids is 1. The van der Waals surface area contributed by atoms with Gasteiger partial charge in [-0.15, -0.1) is 11.3 Å². The second-order valence-corrected chi connectivity index (χ2v) is 10.2. The van der Waals surface area contributed by atoms with Crippen LogP contribution in [0.5, 0.6) is 11.5 Å². The Morgan fingerprint density at radius 2 is 1.94 bits per heavy atom. The lowest BCUT2D eigenvalue weighted by molar-refractivity contribution is 0.0714. The summed E-state index contributed by atoms with van der Waals surface area (Å²) in [5.74, 6) is 1.04. The van der Waals surface area contributed by atoms with Gasteiger partial charge in [0.25, 0.3) is 5.91 Å². The predicted octanol–water partition coefficient (Wildman–Crippen LogP) is 4.13. The first-order valence-corrected chi connectivity index (χ1v) is 12.8. The number of sulfonamides is 1. The zero-order chi connectivity index (χ0) is 23.6. The van der Waals surface area contributed by atoms with Gasteiger partial charge >= 0.3 is 0 Å². The van der Waals surface area contributed by atoms with Gasteiger partial charge < -0.3 is 9.47 Å². The number of nitrogens with zero attached hydrogens (tertiary/aromatic N) is 2. The molecule has 1 N–H and O–H groups in total. The Balaban J connectivity index is 1.77. The first-order chi connectivity index (χ1) is 15.8. The number of methoxy groups -OCH3 is 2. The lowest BCUT2D eigenvalue weighted by Gasteiger charge is -2.23. The summed E-state index contributed by atoms with van der Waals surface area (Å²) in [6.45, 7) is 0. The molecule has 1 aliphatic rings. The van der Waals surface area contributed by atoms with Gasteiger partial charge in [-0.25, -0.2) is 13.4 Å². The molecule has 1 unspecified atom stereocenters. The Morgan fingerprint density at radius 3 is 2.61 bits per heavy atom. The van der Waals surface area contributed by atoms with E-state index in [0.29, 0.717) is 34.2 Å². The summed E-state index contributed by atoms with van der Waals surface area (Å²) in [7, 11) is -0.268. The molecule has 0 aliphatic carbocycles. The molecule has 0 spiro atoms. The van der Waals surface area contributed by atoms with E-state index in [-0.39, 0.29) is 5.91 Å². The lowest BCUT2D eigenvalue weighted by Crippen LogP contribution is -2.26. The summed E-state index contributed by atoms with van der Waals surface area (Å²) in [6, 6.07) is 15.6. The van der Waals surface area contributed by atoms with Crippen molar-refractivity contribution in [1.29, 1.82) is 0 Å². The predicted molar refractivity (Wildman–Crippen MR) is 129 cm³/mol. The quantitative estimate of drug-likeness (QED) is 0.543. The van der Waals surface area contributed by atoms with Gasteiger partial charge in [-0.1, -0.05) is 18.2 Å². The van der Waals surface area contributed by atoms with Gasteiger partial charge in [0.1, 0.15) is 11.5 Å². The summed E-state index contributed by atoms with van der Waals surface area (Å²) >= 11 is 1.35. The lowest BCUT2D eigenvalue weighted by atomic mass is 9.97. The van der Waals surface area contributed by atoms with Crippen LogP contribution in [-0.2, 0) is 10.0 Å². The van der Waals surface area contributed by atoms with Crippen molar-refractivity contribution in [2.24, 2.45) is 5.10 Å². The van der Waals surface area contributed by atoms with Crippen LogP contribution >= 0.6 is 11.3 Å². The van der Waals surface area contributed by atoms with E-state index >= 15 is 0 Å². The third-order valence-corrected chi connectivity index (χ3v) is 6.61. The summed E-state index contributed by atoms with van der Waals surface area (Å²) in [5.41, 5.74) is 2.58. The van der Waals surface area contributed by atoms with Gasteiger partial charge in [0, 0.05) is 17.7 Å².